The van der Waals surface area contributed by atoms with Gasteiger partial charge in [-0.2, -0.15) is 0 Å². The number of nitrogens with one attached hydrogen (secondary N) is 2. The van der Waals surface area contributed by atoms with Crippen molar-refractivity contribution in [2.24, 2.45) is 5.73 Å². The van der Waals surface area contributed by atoms with Gasteiger partial charge in [0.25, 0.3) is 0 Å². The molecule has 4 N–H and O–H groups in total. The van der Waals surface area contributed by atoms with E-state index in [4.69, 9.17) is 5.73 Å². The van der Waals surface area contributed by atoms with Gasteiger partial charge >= 0.3 is 0 Å². The van der Waals surface area contributed by atoms with E-state index in [1.54, 1.807) is 0 Å². The normalized spacial score (nSPS) is 15.5. The van der Waals surface area contributed by atoms with Crippen molar-refractivity contribution in [1.82, 2.24) is 10.6 Å². The largest absolute Gasteiger partial charge is 0.372 e. The summed E-state index contributed by atoms with van der Waals surface area (Å²) < 4.78 is 0. The van der Waals surface area contributed by atoms with Gasteiger partial charge < -0.3 is 21.3 Å². The number of hydrogen-bond donors (Lipinski definition) is 3. The quantitative estimate of drug-likeness (QED) is 0.600. The second kappa shape index (κ2) is 10.7. The number of hydrogen-bond acceptors (Lipinski definition) is 4. The summed E-state index contributed by atoms with van der Waals surface area (Å²) in [7, 11) is 2.14. The summed E-state index contributed by atoms with van der Waals surface area (Å²) in [5.74, 6) is -1.14. The molecule has 0 saturated heterocycles. The van der Waals surface area contributed by atoms with Crippen LogP contribution in [0.3, 0.4) is 0 Å². The molecule has 0 aliphatic heterocycles. The molecule has 7 heteroatoms. The SMILES string of the molecule is CC(=O)NC(CCC(N)=O)C(=O)NCc1ccc(N(C)C2CCCCC2)cc1. The van der Waals surface area contributed by atoms with Crippen LogP contribution in [0.4, 0.5) is 5.69 Å². The Hall–Kier alpha value is -2.57. The van der Waals surface area contributed by atoms with Gasteiger partial charge in [-0.3, -0.25) is 14.4 Å². The smallest absolute Gasteiger partial charge is 0.242 e. The third-order valence-corrected chi connectivity index (χ3v) is 5.31. The zero-order valence-electron chi connectivity index (χ0n) is 16.9. The van der Waals surface area contributed by atoms with Crippen molar-refractivity contribution in [3.05, 3.63) is 29.8 Å². The predicted octanol–water partition coefficient (Wildman–Crippen LogP) is 1.84. The molecule has 1 aliphatic rings. The lowest BCUT2D eigenvalue weighted by atomic mass is 9.94. The average Bonchev–Trinajstić information content (AvgIpc) is 2.69. The molecular formula is C21H32N4O3. The zero-order valence-corrected chi connectivity index (χ0v) is 16.9. The molecule has 2 rings (SSSR count). The molecule has 0 spiro atoms. The zero-order chi connectivity index (χ0) is 20.5. The minimum Gasteiger partial charge on any atom is -0.372 e. The Morgan fingerprint density at radius 3 is 2.36 bits per heavy atom. The minimum atomic E-state index is -0.762. The van der Waals surface area contributed by atoms with E-state index >= 15 is 0 Å². The van der Waals surface area contributed by atoms with Gasteiger partial charge in [0, 0.05) is 38.7 Å². The number of nitrogens with two attached hydrogens (primary N) is 1. The van der Waals surface area contributed by atoms with Gasteiger partial charge in [-0.15, -0.1) is 0 Å². The third-order valence-electron chi connectivity index (χ3n) is 5.31. The lowest BCUT2D eigenvalue weighted by Crippen LogP contribution is -2.46. The van der Waals surface area contributed by atoms with Crippen molar-refractivity contribution >= 4 is 23.4 Å². The van der Waals surface area contributed by atoms with Crippen LogP contribution in [0.25, 0.3) is 0 Å². The Kier molecular flexibility index (Phi) is 8.29. The van der Waals surface area contributed by atoms with Crippen LogP contribution in [0.15, 0.2) is 24.3 Å². The summed E-state index contributed by atoms with van der Waals surface area (Å²) in [6.07, 6.45) is 6.64. The molecule has 7 nitrogen and oxygen atoms in total. The maximum atomic E-state index is 12.4. The van der Waals surface area contributed by atoms with Gasteiger partial charge in [0.15, 0.2) is 0 Å². The Labute approximate surface area is 167 Å². The van der Waals surface area contributed by atoms with E-state index < -0.39 is 11.9 Å². The van der Waals surface area contributed by atoms with Crippen molar-refractivity contribution in [2.45, 2.75) is 70.5 Å². The lowest BCUT2D eigenvalue weighted by Gasteiger charge is -2.33. The summed E-state index contributed by atoms with van der Waals surface area (Å²) in [4.78, 5) is 37.0. The van der Waals surface area contributed by atoms with Gasteiger partial charge in [-0.05, 0) is 37.0 Å². The van der Waals surface area contributed by atoms with Crippen molar-refractivity contribution in [2.75, 3.05) is 11.9 Å². The van der Waals surface area contributed by atoms with Crippen LogP contribution in [-0.4, -0.2) is 36.9 Å². The molecule has 0 bridgehead atoms. The summed E-state index contributed by atoms with van der Waals surface area (Å²) in [5, 5.41) is 5.39. The molecule has 1 unspecified atom stereocenters. The first-order valence-electron chi connectivity index (χ1n) is 10.0. The Morgan fingerprint density at radius 1 is 1.14 bits per heavy atom. The molecule has 1 aliphatic carbocycles. The monoisotopic (exact) mass is 388 g/mol. The molecule has 28 heavy (non-hydrogen) atoms. The third kappa shape index (κ3) is 6.87. The van der Waals surface area contributed by atoms with Gasteiger partial charge in [0.2, 0.25) is 17.7 Å². The number of amides is 3. The molecule has 0 aromatic heterocycles. The van der Waals surface area contributed by atoms with Gasteiger partial charge in [-0.1, -0.05) is 31.4 Å². The standard InChI is InChI=1S/C21H32N4O3/c1-15(26)24-19(12-13-20(22)27)21(28)23-14-16-8-10-18(11-9-16)25(2)17-6-4-3-5-7-17/h8-11,17,19H,3-7,12-14H2,1-2H3,(H2,22,27)(H,23,28)(H,24,26). The van der Waals surface area contributed by atoms with Crippen LogP contribution in [0, 0.1) is 0 Å². The Bertz CT molecular complexity index is 669. The molecule has 1 aromatic carbocycles. The van der Waals surface area contributed by atoms with Crippen LogP contribution in [-0.2, 0) is 20.9 Å². The van der Waals surface area contributed by atoms with Crippen LogP contribution >= 0.6 is 0 Å². The van der Waals surface area contributed by atoms with Crippen LogP contribution in [0.2, 0.25) is 0 Å². The molecule has 3 amide bonds. The molecule has 0 radical (unpaired) electrons. The van der Waals surface area contributed by atoms with E-state index in [-0.39, 0.29) is 24.7 Å². The highest BCUT2D eigenvalue weighted by Crippen LogP contribution is 2.26. The van der Waals surface area contributed by atoms with E-state index in [0.29, 0.717) is 12.6 Å². The van der Waals surface area contributed by atoms with Crippen molar-refractivity contribution in [3.63, 3.8) is 0 Å². The fraction of sp³-hybridized carbons (Fsp3) is 0.571. The lowest BCUT2D eigenvalue weighted by molar-refractivity contribution is -0.128. The van der Waals surface area contributed by atoms with Gasteiger partial charge in [-0.25, -0.2) is 0 Å². The molecule has 1 atom stereocenters. The molecule has 1 saturated carbocycles. The second-order valence-corrected chi connectivity index (χ2v) is 7.55. The Morgan fingerprint density at radius 2 is 1.79 bits per heavy atom. The highest BCUT2D eigenvalue weighted by Gasteiger charge is 2.20. The van der Waals surface area contributed by atoms with E-state index in [1.165, 1.54) is 44.7 Å². The topological polar surface area (TPSA) is 105 Å². The van der Waals surface area contributed by atoms with E-state index in [1.807, 2.05) is 12.1 Å². The second-order valence-electron chi connectivity index (χ2n) is 7.55. The number of carbonyl (C=O) groups excluding carboxylic acids is 3. The number of nitrogens with zero attached hydrogens (tertiary/aromatic N) is 1. The first-order chi connectivity index (χ1) is 13.4. The maximum absolute atomic E-state index is 12.4. The molecule has 0 heterocycles. The van der Waals surface area contributed by atoms with Crippen LogP contribution in [0.1, 0.15) is 57.4 Å². The first-order valence-corrected chi connectivity index (χ1v) is 10.0. The number of rotatable bonds is 9. The summed E-state index contributed by atoms with van der Waals surface area (Å²) in [6.45, 7) is 1.70. The maximum Gasteiger partial charge on any atom is 0.242 e. The van der Waals surface area contributed by atoms with Crippen LogP contribution in [0.5, 0.6) is 0 Å². The first kappa shape index (κ1) is 21.7. The van der Waals surface area contributed by atoms with Crippen LogP contribution < -0.4 is 21.3 Å². The summed E-state index contributed by atoms with van der Waals surface area (Å²) in [5.41, 5.74) is 7.30. The highest BCUT2D eigenvalue weighted by molar-refractivity contribution is 5.87. The number of primary amides is 1. The predicted molar refractivity (Wildman–Crippen MR) is 110 cm³/mol. The van der Waals surface area contributed by atoms with E-state index in [9.17, 15) is 14.4 Å². The number of anilines is 1. The summed E-state index contributed by atoms with van der Waals surface area (Å²) >= 11 is 0. The molecular weight excluding hydrogens is 356 g/mol. The average molecular weight is 389 g/mol. The fourth-order valence-corrected chi connectivity index (χ4v) is 3.64. The Balaban J connectivity index is 1.88. The molecule has 154 valence electrons. The molecule has 1 aromatic rings. The van der Waals surface area contributed by atoms with Gasteiger partial charge in [0.05, 0.1) is 0 Å². The molecule has 1 fully saturated rings. The van der Waals surface area contributed by atoms with E-state index in [2.05, 4.69) is 34.7 Å². The van der Waals surface area contributed by atoms with Crippen molar-refractivity contribution in [3.8, 4) is 0 Å². The number of benzene rings is 1. The summed E-state index contributed by atoms with van der Waals surface area (Å²) in [6, 6.07) is 8.00. The van der Waals surface area contributed by atoms with Crippen molar-refractivity contribution in [1.29, 1.82) is 0 Å². The highest BCUT2D eigenvalue weighted by atomic mass is 16.2. The van der Waals surface area contributed by atoms with E-state index in [0.717, 1.165) is 5.56 Å². The van der Waals surface area contributed by atoms with Crippen molar-refractivity contribution < 1.29 is 14.4 Å². The van der Waals surface area contributed by atoms with Gasteiger partial charge in [0.1, 0.15) is 6.04 Å². The fourth-order valence-electron chi connectivity index (χ4n) is 3.64. The number of carbonyl (C=O) groups is 3. The minimum absolute atomic E-state index is 0.0422.